The van der Waals surface area contributed by atoms with Gasteiger partial charge in [-0.1, -0.05) is 12.2 Å². The Morgan fingerprint density at radius 1 is 1.42 bits per heavy atom. The van der Waals surface area contributed by atoms with E-state index < -0.39 is 0 Å². The fraction of sp³-hybridized carbons (Fsp3) is 0.400. The highest BCUT2D eigenvalue weighted by Gasteiger charge is 2.23. The van der Waals surface area contributed by atoms with Gasteiger partial charge in [0.1, 0.15) is 5.69 Å². The van der Waals surface area contributed by atoms with Gasteiger partial charge in [-0.3, -0.25) is 4.79 Å². The summed E-state index contributed by atoms with van der Waals surface area (Å²) < 4.78 is 3.33. The number of carbonyl (C=O) groups is 1. The molecule has 3 nitrogen and oxygen atoms in total. The molecule has 0 saturated carbocycles. The van der Waals surface area contributed by atoms with Crippen LogP contribution in [0.15, 0.2) is 29.7 Å². The Bertz CT molecular complexity index is 617. The lowest BCUT2D eigenvalue weighted by atomic mass is 10.3. The summed E-state index contributed by atoms with van der Waals surface area (Å²) >= 11 is 1.70. The third-order valence-electron chi connectivity index (χ3n) is 3.66. The van der Waals surface area contributed by atoms with Gasteiger partial charge in [0.05, 0.1) is 10.2 Å². The van der Waals surface area contributed by atoms with Crippen molar-refractivity contribution in [3.8, 4) is 0 Å². The molecule has 0 spiro atoms. The van der Waals surface area contributed by atoms with Gasteiger partial charge in [0.2, 0.25) is 0 Å². The van der Waals surface area contributed by atoms with Crippen LogP contribution in [0.25, 0.3) is 10.2 Å². The number of rotatable bonds is 3. The van der Waals surface area contributed by atoms with Gasteiger partial charge < -0.3 is 9.47 Å². The zero-order valence-electron chi connectivity index (χ0n) is 11.1. The molecule has 1 saturated heterocycles. The zero-order valence-corrected chi connectivity index (χ0v) is 11.9. The van der Waals surface area contributed by atoms with Crippen molar-refractivity contribution in [2.45, 2.75) is 26.3 Å². The van der Waals surface area contributed by atoms with E-state index in [1.165, 1.54) is 10.2 Å². The molecule has 1 amide bonds. The Morgan fingerprint density at radius 3 is 2.95 bits per heavy atom. The van der Waals surface area contributed by atoms with Crippen molar-refractivity contribution >= 4 is 27.5 Å². The SMILES string of the molecule is C/C=C/Cn1c(C(=O)N2CCCC2)cc2sccc21. The first-order chi connectivity index (χ1) is 9.31. The van der Waals surface area contributed by atoms with Gasteiger partial charge in [0, 0.05) is 19.6 Å². The molecule has 0 bridgehead atoms. The van der Waals surface area contributed by atoms with Crippen LogP contribution in [0, 0.1) is 0 Å². The van der Waals surface area contributed by atoms with Crippen LogP contribution in [0.2, 0.25) is 0 Å². The van der Waals surface area contributed by atoms with Gasteiger partial charge in [-0.2, -0.15) is 0 Å². The van der Waals surface area contributed by atoms with E-state index in [2.05, 4.69) is 22.1 Å². The van der Waals surface area contributed by atoms with Crippen molar-refractivity contribution in [1.29, 1.82) is 0 Å². The van der Waals surface area contributed by atoms with Crippen molar-refractivity contribution in [1.82, 2.24) is 9.47 Å². The number of aromatic nitrogens is 1. The second-order valence-corrected chi connectivity index (χ2v) is 5.83. The molecule has 0 atom stereocenters. The highest BCUT2D eigenvalue weighted by atomic mass is 32.1. The molecule has 0 aromatic carbocycles. The maximum atomic E-state index is 12.6. The van der Waals surface area contributed by atoms with Gasteiger partial charge in [-0.15, -0.1) is 11.3 Å². The first-order valence-corrected chi connectivity index (χ1v) is 7.66. The number of allylic oxidation sites excluding steroid dienone is 2. The first kappa shape index (κ1) is 12.5. The van der Waals surface area contributed by atoms with Crippen LogP contribution in [0.5, 0.6) is 0 Å². The van der Waals surface area contributed by atoms with E-state index in [9.17, 15) is 4.79 Å². The normalized spacial score (nSPS) is 15.9. The third-order valence-corrected chi connectivity index (χ3v) is 4.51. The van der Waals surface area contributed by atoms with Crippen molar-refractivity contribution in [3.63, 3.8) is 0 Å². The number of carbonyl (C=O) groups excluding carboxylic acids is 1. The fourth-order valence-electron chi connectivity index (χ4n) is 2.64. The molecule has 2 aromatic rings. The predicted octanol–water partition coefficient (Wildman–Crippen LogP) is 3.51. The number of likely N-dealkylation sites (tertiary alicyclic amines) is 1. The van der Waals surface area contributed by atoms with Crippen LogP contribution in [0.1, 0.15) is 30.3 Å². The second kappa shape index (κ2) is 5.21. The van der Waals surface area contributed by atoms with E-state index in [-0.39, 0.29) is 5.91 Å². The largest absolute Gasteiger partial charge is 0.337 e. The average Bonchev–Trinajstić information content (AvgIpc) is 3.12. The van der Waals surface area contributed by atoms with E-state index >= 15 is 0 Å². The van der Waals surface area contributed by atoms with Crippen LogP contribution in [-0.2, 0) is 6.54 Å². The summed E-state index contributed by atoms with van der Waals surface area (Å²) in [6, 6.07) is 4.15. The molecule has 100 valence electrons. The summed E-state index contributed by atoms with van der Waals surface area (Å²) in [7, 11) is 0. The first-order valence-electron chi connectivity index (χ1n) is 6.78. The van der Waals surface area contributed by atoms with E-state index in [1.54, 1.807) is 11.3 Å². The standard InChI is InChI=1S/C15H18N2OS/c1-2-3-9-17-12-6-10-19-14(12)11-13(17)15(18)16-7-4-5-8-16/h2-3,6,10-11H,4-5,7-9H2,1H3/b3-2+. The maximum Gasteiger partial charge on any atom is 0.270 e. The Balaban J connectivity index is 2.00. The van der Waals surface area contributed by atoms with Gasteiger partial charge in [-0.25, -0.2) is 0 Å². The Labute approximate surface area is 117 Å². The lowest BCUT2D eigenvalue weighted by Crippen LogP contribution is -2.29. The summed E-state index contributed by atoms with van der Waals surface area (Å²) in [4.78, 5) is 14.6. The van der Waals surface area contributed by atoms with Gasteiger partial charge in [-0.05, 0) is 37.3 Å². The fourth-order valence-corrected chi connectivity index (χ4v) is 3.47. The highest BCUT2D eigenvalue weighted by molar-refractivity contribution is 7.17. The minimum Gasteiger partial charge on any atom is -0.337 e. The number of thiophene rings is 1. The summed E-state index contributed by atoms with van der Waals surface area (Å²) in [5, 5.41) is 2.08. The zero-order chi connectivity index (χ0) is 13.2. The second-order valence-electron chi connectivity index (χ2n) is 4.88. The Hall–Kier alpha value is -1.55. The molecule has 1 fully saturated rings. The molecule has 0 aliphatic carbocycles. The molecule has 1 aliphatic heterocycles. The maximum absolute atomic E-state index is 12.6. The Kier molecular flexibility index (Phi) is 3.42. The number of amides is 1. The average molecular weight is 274 g/mol. The molecule has 1 aliphatic rings. The van der Waals surface area contributed by atoms with E-state index in [0.717, 1.165) is 38.2 Å². The monoisotopic (exact) mass is 274 g/mol. The number of hydrogen-bond acceptors (Lipinski definition) is 2. The van der Waals surface area contributed by atoms with Gasteiger partial charge in [0.15, 0.2) is 0 Å². The molecule has 3 rings (SSSR count). The lowest BCUT2D eigenvalue weighted by molar-refractivity contribution is 0.0783. The molecule has 4 heteroatoms. The molecule has 2 aromatic heterocycles. The Morgan fingerprint density at radius 2 is 2.21 bits per heavy atom. The molecule has 0 radical (unpaired) electrons. The quantitative estimate of drug-likeness (QED) is 0.786. The molecule has 19 heavy (non-hydrogen) atoms. The minimum absolute atomic E-state index is 0.186. The van der Waals surface area contributed by atoms with Crippen LogP contribution >= 0.6 is 11.3 Å². The van der Waals surface area contributed by atoms with Gasteiger partial charge >= 0.3 is 0 Å². The number of fused-ring (bicyclic) bond motifs is 1. The van der Waals surface area contributed by atoms with Crippen molar-refractivity contribution < 1.29 is 4.79 Å². The van der Waals surface area contributed by atoms with Crippen LogP contribution in [0.4, 0.5) is 0 Å². The van der Waals surface area contributed by atoms with E-state index in [4.69, 9.17) is 0 Å². The molecule has 0 unspecified atom stereocenters. The van der Waals surface area contributed by atoms with Crippen LogP contribution in [0.3, 0.4) is 0 Å². The summed E-state index contributed by atoms with van der Waals surface area (Å²) in [6.07, 6.45) is 6.39. The number of hydrogen-bond donors (Lipinski definition) is 0. The molecular weight excluding hydrogens is 256 g/mol. The predicted molar refractivity (Wildman–Crippen MR) is 79.8 cm³/mol. The topological polar surface area (TPSA) is 25.2 Å². The third kappa shape index (κ3) is 2.21. The molecule has 3 heterocycles. The van der Waals surface area contributed by atoms with E-state index in [0.29, 0.717) is 0 Å². The minimum atomic E-state index is 0.186. The lowest BCUT2D eigenvalue weighted by Gasteiger charge is -2.16. The summed E-state index contributed by atoms with van der Waals surface area (Å²) in [6.45, 7) is 4.59. The highest BCUT2D eigenvalue weighted by Crippen LogP contribution is 2.27. The van der Waals surface area contributed by atoms with Crippen LogP contribution < -0.4 is 0 Å². The smallest absolute Gasteiger partial charge is 0.270 e. The summed E-state index contributed by atoms with van der Waals surface area (Å²) in [5.74, 6) is 0.186. The van der Waals surface area contributed by atoms with Crippen LogP contribution in [-0.4, -0.2) is 28.5 Å². The molecule has 0 N–H and O–H groups in total. The van der Waals surface area contributed by atoms with Gasteiger partial charge in [0.25, 0.3) is 5.91 Å². The molecular formula is C15H18N2OS. The van der Waals surface area contributed by atoms with Crippen molar-refractivity contribution in [2.75, 3.05) is 13.1 Å². The number of nitrogens with zero attached hydrogens (tertiary/aromatic N) is 2. The van der Waals surface area contributed by atoms with Crippen molar-refractivity contribution in [2.24, 2.45) is 0 Å². The van der Waals surface area contributed by atoms with E-state index in [1.807, 2.05) is 24.0 Å². The summed E-state index contributed by atoms with van der Waals surface area (Å²) in [5.41, 5.74) is 2.01. The van der Waals surface area contributed by atoms with Crippen molar-refractivity contribution in [3.05, 3.63) is 35.4 Å².